The van der Waals surface area contributed by atoms with E-state index in [0.717, 1.165) is 13.1 Å². The normalized spacial score (nSPS) is 15.3. The first-order valence-electron chi connectivity index (χ1n) is 9.29. The van der Waals surface area contributed by atoms with Gasteiger partial charge in [0, 0.05) is 36.3 Å². The van der Waals surface area contributed by atoms with Gasteiger partial charge in [0.15, 0.2) is 5.78 Å². The van der Waals surface area contributed by atoms with Crippen LogP contribution in [-0.4, -0.2) is 55.0 Å². The Morgan fingerprint density at radius 3 is 2.22 bits per heavy atom. The van der Waals surface area contributed by atoms with E-state index < -0.39 is 0 Å². The molecular formula is C22H26N2O3. The standard InChI is InChI=1S/C22H26N2O3/c1-22(2,24-12-14-27-15-13-24)16-23-21(26)19-11-7-6-10-18(19)20(25)17-8-4-3-5-9-17/h3-11H,12-16H2,1-2H3,(H,23,26). The number of ether oxygens (including phenoxy) is 1. The first-order chi connectivity index (χ1) is 13.0. The van der Waals surface area contributed by atoms with E-state index in [1.165, 1.54) is 0 Å². The highest BCUT2D eigenvalue weighted by Gasteiger charge is 2.29. The molecule has 0 aliphatic carbocycles. The zero-order valence-corrected chi connectivity index (χ0v) is 15.9. The maximum Gasteiger partial charge on any atom is 0.252 e. The van der Waals surface area contributed by atoms with Gasteiger partial charge in [-0.05, 0) is 19.9 Å². The van der Waals surface area contributed by atoms with E-state index in [2.05, 4.69) is 24.1 Å². The minimum Gasteiger partial charge on any atom is -0.379 e. The lowest BCUT2D eigenvalue weighted by Gasteiger charge is -2.40. The van der Waals surface area contributed by atoms with Crippen molar-refractivity contribution in [3.8, 4) is 0 Å². The quantitative estimate of drug-likeness (QED) is 0.799. The summed E-state index contributed by atoms with van der Waals surface area (Å²) in [5, 5.41) is 3.01. The van der Waals surface area contributed by atoms with Crippen molar-refractivity contribution in [2.75, 3.05) is 32.8 Å². The molecule has 1 saturated heterocycles. The van der Waals surface area contributed by atoms with Gasteiger partial charge in [0.1, 0.15) is 0 Å². The Kier molecular flexibility index (Phi) is 6.04. The Labute approximate surface area is 160 Å². The van der Waals surface area contributed by atoms with Crippen LogP contribution in [0.1, 0.15) is 40.1 Å². The van der Waals surface area contributed by atoms with Gasteiger partial charge in [-0.3, -0.25) is 14.5 Å². The average molecular weight is 366 g/mol. The third-order valence-corrected chi connectivity index (χ3v) is 5.00. The molecule has 0 saturated carbocycles. The van der Waals surface area contributed by atoms with E-state index in [1.54, 1.807) is 36.4 Å². The van der Waals surface area contributed by atoms with Crippen LogP contribution in [0.5, 0.6) is 0 Å². The molecule has 27 heavy (non-hydrogen) atoms. The molecule has 1 heterocycles. The Hall–Kier alpha value is -2.50. The van der Waals surface area contributed by atoms with E-state index in [1.807, 2.05) is 18.2 Å². The molecule has 5 heteroatoms. The highest BCUT2D eigenvalue weighted by molar-refractivity contribution is 6.15. The summed E-state index contributed by atoms with van der Waals surface area (Å²) >= 11 is 0. The molecule has 1 aliphatic rings. The van der Waals surface area contributed by atoms with Crippen LogP contribution in [0.2, 0.25) is 0 Å². The Morgan fingerprint density at radius 2 is 1.56 bits per heavy atom. The molecule has 1 amide bonds. The second kappa shape index (κ2) is 8.46. The molecule has 0 aromatic heterocycles. The molecule has 3 rings (SSSR count). The number of ketones is 1. The summed E-state index contributed by atoms with van der Waals surface area (Å²) in [6.07, 6.45) is 0. The molecule has 1 aliphatic heterocycles. The zero-order chi connectivity index (χ0) is 19.3. The SMILES string of the molecule is CC(C)(CNC(=O)c1ccccc1C(=O)c1ccccc1)N1CCOCC1. The summed E-state index contributed by atoms with van der Waals surface area (Å²) in [5.74, 6) is -0.370. The van der Waals surface area contributed by atoms with Gasteiger partial charge < -0.3 is 10.1 Å². The number of hydrogen-bond donors (Lipinski definition) is 1. The topological polar surface area (TPSA) is 58.6 Å². The molecule has 0 radical (unpaired) electrons. The van der Waals surface area contributed by atoms with Crippen molar-refractivity contribution >= 4 is 11.7 Å². The predicted molar refractivity (Wildman–Crippen MR) is 105 cm³/mol. The van der Waals surface area contributed by atoms with Crippen LogP contribution in [0.15, 0.2) is 54.6 Å². The number of benzene rings is 2. The maximum absolute atomic E-state index is 12.8. The number of morpholine rings is 1. The molecule has 0 bridgehead atoms. The van der Waals surface area contributed by atoms with Gasteiger partial charge in [0.2, 0.25) is 0 Å². The van der Waals surface area contributed by atoms with Gasteiger partial charge in [-0.15, -0.1) is 0 Å². The predicted octanol–water partition coefficient (Wildman–Crippen LogP) is 2.76. The summed E-state index contributed by atoms with van der Waals surface area (Å²) in [7, 11) is 0. The van der Waals surface area contributed by atoms with Gasteiger partial charge in [-0.2, -0.15) is 0 Å². The Balaban J connectivity index is 1.73. The molecule has 2 aromatic rings. The van der Waals surface area contributed by atoms with Crippen LogP contribution >= 0.6 is 0 Å². The molecule has 0 unspecified atom stereocenters. The summed E-state index contributed by atoms with van der Waals surface area (Å²) in [6, 6.07) is 16.0. The van der Waals surface area contributed by atoms with Crippen LogP contribution in [0, 0.1) is 0 Å². The lowest BCUT2D eigenvalue weighted by molar-refractivity contribution is -0.00923. The van der Waals surface area contributed by atoms with Gasteiger partial charge in [0.05, 0.1) is 18.8 Å². The average Bonchev–Trinajstić information content (AvgIpc) is 2.73. The maximum atomic E-state index is 12.8. The molecular weight excluding hydrogens is 340 g/mol. The smallest absolute Gasteiger partial charge is 0.252 e. The number of rotatable bonds is 6. The fourth-order valence-electron chi connectivity index (χ4n) is 3.30. The third-order valence-electron chi connectivity index (χ3n) is 5.00. The van der Waals surface area contributed by atoms with Crippen molar-refractivity contribution < 1.29 is 14.3 Å². The van der Waals surface area contributed by atoms with Gasteiger partial charge >= 0.3 is 0 Å². The van der Waals surface area contributed by atoms with E-state index in [4.69, 9.17) is 4.74 Å². The molecule has 5 nitrogen and oxygen atoms in total. The highest BCUT2D eigenvalue weighted by Crippen LogP contribution is 2.17. The number of hydrogen-bond acceptors (Lipinski definition) is 4. The zero-order valence-electron chi connectivity index (χ0n) is 15.9. The lowest BCUT2D eigenvalue weighted by Crippen LogP contribution is -2.55. The van der Waals surface area contributed by atoms with Crippen LogP contribution in [0.3, 0.4) is 0 Å². The van der Waals surface area contributed by atoms with Crippen LogP contribution < -0.4 is 5.32 Å². The van der Waals surface area contributed by atoms with E-state index in [-0.39, 0.29) is 17.2 Å². The third kappa shape index (κ3) is 4.62. The van der Waals surface area contributed by atoms with Crippen molar-refractivity contribution in [2.24, 2.45) is 0 Å². The monoisotopic (exact) mass is 366 g/mol. The fraction of sp³-hybridized carbons (Fsp3) is 0.364. The van der Waals surface area contributed by atoms with Crippen molar-refractivity contribution in [1.29, 1.82) is 0 Å². The number of carbonyl (C=O) groups is 2. The van der Waals surface area contributed by atoms with Crippen LogP contribution in [0.4, 0.5) is 0 Å². The second-order valence-electron chi connectivity index (χ2n) is 7.34. The number of amides is 1. The van der Waals surface area contributed by atoms with E-state index in [9.17, 15) is 9.59 Å². The molecule has 1 N–H and O–H groups in total. The van der Waals surface area contributed by atoms with Crippen molar-refractivity contribution in [3.63, 3.8) is 0 Å². The fourth-order valence-corrected chi connectivity index (χ4v) is 3.30. The summed E-state index contributed by atoms with van der Waals surface area (Å²) in [5.41, 5.74) is 1.22. The molecule has 142 valence electrons. The van der Waals surface area contributed by atoms with Crippen molar-refractivity contribution in [3.05, 3.63) is 71.3 Å². The van der Waals surface area contributed by atoms with Crippen LogP contribution in [-0.2, 0) is 4.74 Å². The Morgan fingerprint density at radius 1 is 0.963 bits per heavy atom. The molecule has 0 atom stereocenters. The summed E-state index contributed by atoms with van der Waals surface area (Å²) < 4.78 is 5.41. The Bertz CT molecular complexity index is 796. The van der Waals surface area contributed by atoms with Gasteiger partial charge in [0.25, 0.3) is 5.91 Å². The largest absolute Gasteiger partial charge is 0.379 e. The second-order valence-corrected chi connectivity index (χ2v) is 7.34. The minimum absolute atomic E-state index is 0.145. The lowest BCUT2D eigenvalue weighted by atomic mass is 9.97. The van der Waals surface area contributed by atoms with Gasteiger partial charge in [-0.25, -0.2) is 0 Å². The van der Waals surface area contributed by atoms with Gasteiger partial charge in [-0.1, -0.05) is 48.5 Å². The molecule has 0 spiro atoms. The highest BCUT2D eigenvalue weighted by atomic mass is 16.5. The molecule has 1 fully saturated rings. The summed E-state index contributed by atoms with van der Waals surface area (Å²) in [4.78, 5) is 28.0. The first-order valence-corrected chi connectivity index (χ1v) is 9.29. The minimum atomic E-state index is -0.226. The number of nitrogens with one attached hydrogen (secondary N) is 1. The number of carbonyl (C=O) groups excluding carboxylic acids is 2. The van der Waals surface area contributed by atoms with Crippen LogP contribution in [0.25, 0.3) is 0 Å². The summed E-state index contributed by atoms with van der Waals surface area (Å²) in [6.45, 7) is 7.86. The van der Waals surface area contributed by atoms with Crippen molar-refractivity contribution in [1.82, 2.24) is 10.2 Å². The number of nitrogens with zero attached hydrogens (tertiary/aromatic N) is 1. The van der Waals surface area contributed by atoms with E-state index >= 15 is 0 Å². The van der Waals surface area contributed by atoms with E-state index in [0.29, 0.717) is 36.4 Å². The first kappa shape index (κ1) is 19.3. The molecule has 2 aromatic carbocycles. The van der Waals surface area contributed by atoms with Crippen molar-refractivity contribution in [2.45, 2.75) is 19.4 Å².